The predicted molar refractivity (Wildman–Crippen MR) is 138 cm³/mol. The van der Waals surface area contributed by atoms with Gasteiger partial charge in [0, 0.05) is 0 Å². The molecule has 8 nitrogen and oxygen atoms in total. The van der Waals surface area contributed by atoms with Crippen molar-refractivity contribution >= 4 is 43.8 Å². The molecule has 4 aromatic heterocycles. The lowest BCUT2D eigenvalue weighted by Gasteiger charge is -2.19. The number of hydrogen-bond acceptors (Lipinski definition) is 6. The number of alkyl halides is 2. The normalized spacial score (nSPS) is 11.7. The van der Waals surface area contributed by atoms with E-state index in [-0.39, 0.29) is 16.9 Å². The molecule has 0 saturated heterocycles. The van der Waals surface area contributed by atoms with Gasteiger partial charge in [-0.1, -0.05) is 31.9 Å². The van der Waals surface area contributed by atoms with Crippen LogP contribution in [0.2, 0.25) is 0 Å². The third-order valence-corrected chi connectivity index (χ3v) is 6.79. The van der Waals surface area contributed by atoms with Crippen molar-refractivity contribution in [1.82, 2.24) is 0 Å². The number of rotatable bonds is 8. The molecule has 0 fully saturated rings. The Bertz CT molecular complexity index is 1240. The van der Waals surface area contributed by atoms with Gasteiger partial charge in [-0.05, 0) is 76.2 Å². The van der Waals surface area contributed by atoms with E-state index in [0.717, 1.165) is 33.7 Å². The first-order valence-corrected chi connectivity index (χ1v) is 13.1. The van der Waals surface area contributed by atoms with Crippen LogP contribution in [0, 0.1) is 0 Å². The van der Waals surface area contributed by atoms with Crippen LogP contribution in [0.5, 0.6) is 0 Å². The highest BCUT2D eigenvalue weighted by atomic mass is 79.9. The molecule has 4 heterocycles. The first kappa shape index (κ1) is 27.6. The topological polar surface area (TPSA) is 127 Å². The van der Waals surface area contributed by atoms with E-state index in [1.165, 1.54) is 24.3 Å². The van der Waals surface area contributed by atoms with E-state index < -0.39 is 17.4 Å². The highest BCUT2D eigenvalue weighted by Gasteiger charge is 2.32. The van der Waals surface area contributed by atoms with Gasteiger partial charge in [0.2, 0.25) is 11.5 Å². The maximum atomic E-state index is 10.8. The average molecular weight is 626 g/mol. The smallest absolute Gasteiger partial charge is 0.371 e. The quantitative estimate of drug-likeness (QED) is 0.192. The van der Waals surface area contributed by atoms with Gasteiger partial charge in [0.15, 0.2) is 0 Å². The van der Waals surface area contributed by atoms with Crippen LogP contribution in [-0.4, -0.2) is 22.2 Å². The van der Waals surface area contributed by atoms with Gasteiger partial charge < -0.3 is 27.9 Å². The second-order valence-electron chi connectivity index (χ2n) is 8.99. The largest absolute Gasteiger partial charge is 0.475 e. The summed E-state index contributed by atoms with van der Waals surface area (Å²) in [5.74, 6) is 1.81. The standard InChI is InChI=1S/C13H14Br2O2.C13H12O6/c1-13(2,11-5-3-9(7-14)16-11)12-6-4-10(8-15)17-12;1-13(2,9-5-3-7(18-9)11(14)15)10-6-4-8(19-10)12(16)17/h3-6H,7-8H2,1-2H3;3-6H,1-2H3,(H,14,15)(H,16,17). The number of halogens is 2. The minimum Gasteiger partial charge on any atom is -0.475 e. The van der Waals surface area contributed by atoms with E-state index in [4.69, 9.17) is 27.9 Å². The Morgan fingerprint density at radius 1 is 0.611 bits per heavy atom. The molecule has 36 heavy (non-hydrogen) atoms. The Hall–Kier alpha value is -2.98. The Labute approximate surface area is 224 Å². The summed E-state index contributed by atoms with van der Waals surface area (Å²) in [4.78, 5) is 21.6. The van der Waals surface area contributed by atoms with Gasteiger partial charge in [0.05, 0.1) is 21.5 Å². The fourth-order valence-electron chi connectivity index (χ4n) is 3.39. The van der Waals surface area contributed by atoms with Crippen LogP contribution in [0.3, 0.4) is 0 Å². The summed E-state index contributed by atoms with van der Waals surface area (Å²) < 4.78 is 22.0. The van der Waals surface area contributed by atoms with Gasteiger partial charge >= 0.3 is 11.9 Å². The minimum absolute atomic E-state index is 0.173. The third-order valence-electron chi connectivity index (χ3n) is 5.68. The lowest BCUT2D eigenvalue weighted by molar-refractivity contribution is 0.0653. The molecule has 0 aliphatic heterocycles. The monoisotopic (exact) mass is 624 g/mol. The number of hydrogen-bond donors (Lipinski definition) is 2. The van der Waals surface area contributed by atoms with E-state index in [9.17, 15) is 9.59 Å². The van der Waals surface area contributed by atoms with Gasteiger partial charge in [-0.25, -0.2) is 9.59 Å². The molecule has 192 valence electrons. The SMILES string of the molecule is CC(C)(c1ccc(C(=O)O)o1)c1ccc(C(=O)O)o1.CC(C)(c1ccc(CBr)o1)c1ccc(CBr)o1. The molecular formula is C26H26Br2O8. The first-order valence-electron chi connectivity index (χ1n) is 10.9. The molecule has 0 bridgehead atoms. The summed E-state index contributed by atoms with van der Waals surface area (Å²) in [6, 6.07) is 13.7. The molecule has 0 amide bonds. The van der Waals surface area contributed by atoms with Gasteiger partial charge in [-0.2, -0.15) is 0 Å². The van der Waals surface area contributed by atoms with Crippen LogP contribution in [0.25, 0.3) is 0 Å². The summed E-state index contributed by atoms with van der Waals surface area (Å²) in [6.45, 7) is 7.70. The van der Waals surface area contributed by atoms with E-state index in [1.807, 2.05) is 24.3 Å². The molecule has 0 radical (unpaired) electrons. The molecule has 4 rings (SSSR count). The lowest BCUT2D eigenvalue weighted by Crippen LogP contribution is -2.17. The van der Waals surface area contributed by atoms with Gasteiger partial charge in [-0.3, -0.25) is 0 Å². The molecule has 4 aromatic rings. The van der Waals surface area contributed by atoms with Crippen molar-refractivity contribution in [3.8, 4) is 0 Å². The molecule has 0 aromatic carbocycles. The molecule has 10 heteroatoms. The highest BCUT2D eigenvalue weighted by molar-refractivity contribution is 9.08. The third kappa shape index (κ3) is 5.87. The fraction of sp³-hybridized carbons (Fsp3) is 0.308. The number of carboxylic acids is 2. The molecular weight excluding hydrogens is 600 g/mol. The number of carboxylic acid groups (broad SMARTS) is 2. The van der Waals surface area contributed by atoms with Crippen molar-refractivity contribution in [2.45, 2.75) is 49.2 Å². The van der Waals surface area contributed by atoms with Gasteiger partial charge in [0.25, 0.3) is 0 Å². The van der Waals surface area contributed by atoms with Crippen molar-refractivity contribution in [2.75, 3.05) is 0 Å². The van der Waals surface area contributed by atoms with E-state index in [1.54, 1.807) is 13.8 Å². The zero-order valence-corrected chi connectivity index (χ0v) is 23.3. The second kappa shape index (κ2) is 11.0. The maximum Gasteiger partial charge on any atom is 0.371 e. The maximum absolute atomic E-state index is 10.8. The van der Waals surface area contributed by atoms with Crippen molar-refractivity contribution < 1.29 is 37.5 Å². The van der Waals surface area contributed by atoms with Crippen LogP contribution in [-0.2, 0) is 21.5 Å². The molecule has 2 N–H and O–H groups in total. The van der Waals surface area contributed by atoms with Gasteiger partial charge in [0.1, 0.15) is 34.6 Å². The average Bonchev–Trinajstić information content (AvgIpc) is 3.65. The zero-order chi connectivity index (χ0) is 26.7. The van der Waals surface area contributed by atoms with Crippen LogP contribution in [0.4, 0.5) is 0 Å². The summed E-state index contributed by atoms with van der Waals surface area (Å²) in [5.41, 5.74) is -1.01. The summed E-state index contributed by atoms with van der Waals surface area (Å²) >= 11 is 6.77. The van der Waals surface area contributed by atoms with Crippen molar-refractivity contribution in [3.63, 3.8) is 0 Å². The Morgan fingerprint density at radius 2 is 0.917 bits per heavy atom. The van der Waals surface area contributed by atoms with Crippen LogP contribution in [0.15, 0.2) is 66.2 Å². The zero-order valence-electron chi connectivity index (χ0n) is 20.1. The van der Waals surface area contributed by atoms with Crippen molar-refractivity contribution in [2.24, 2.45) is 0 Å². The number of furan rings is 4. The van der Waals surface area contributed by atoms with Crippen molar-refractivity contribution in [1.29, 1.82) is 0 Å². The Kier molecular flexibility index (Phi) is 8.40. The second-order valence-corrected chi connectivity index (χ2v) is 10.1. The molecule has 0 spiro atoms. The predicted octanol–water partition coefficient (Wildman–Crippen LogP) is 7.58. The molecule has 0 aliphatic rings. The first-order chi connectivity index (χ1) is 16.9. The summed E-state index contributed by atoms with van der Waals surface area (Å²) in [7, 11) is 0. The molecule has 0 saturated carbocycles. The molecule has 0 atom stereocenters. The van der Waals surface area contributed by atoms with E-state index in [0.29, 0.717) is 11.5 Å². The number of aromatic carboxylic acids is 2. The van der Waals surface area contributed by atoms with Crippen LogP contribution in [0.1, 0.15) is 83.4 Å². The van der Waals surface area contributed by atoms with Crippen molar-refractivity contribution in [3.05, 3.63) is 94.6 Å². The van der Waals surface area contributed by atoms with E-state index >= 15 is 0 Å². The summed E-state index contributed by atoms with van der Waals surface area (Å²) in [5, 5.41) is 19.1. The van der Waals surface area contributed by atoms with E-state index in [2.05, 4.69) is 45.7 Å². The fourth-order valence-corrected chi connectivity index (χ4v) is 3.99. The molecule has 0 aliphatic carbocycles. The Morgan fingerprint density at radius 3 is 1.17 bits per heavy atom. The van der Waals surface area contributed by atoms with Crippen LogP contribution >= 0.6 is 31.9 Å². The minimum atomic E-state index is -1.16. The van der Waals surface area contributed by atoms with Gasteiger partial charge in [-0.15, -0.1) is 0 Å². The number of carbonyl (C=O) groups is 2. The molecule has 0 unspecified atom stereocenters. The summed E-state index contributed by atoms with van der Waals surface area (Å²) in [6.07, 6.45) is 0. The van der Waals surface area contributed by atoms with Crippen LogP contribution < -0.4 is 0 Å². The lowest BCUT2D eigenvalue weighted by atomic mass is 9.87. The Balaban J connectivity index is 0.000000202. The highest BCUT2D eigenvalue weighted by Crippen LogP contribution is 2.35.